The summed E-state index contributed by atoms with van der Waals surface area (Å²) in [6.45, 7) is 3.95. The highest BCUT2D eigenvalue weighted by Crippen LogP contribution is 2.17. The average Bonchev–Trinajstić information content (AvgIpc) is 2.65. The molecule has 0 bridgehead atoms. The molecule has 1 N–H and O–H groups in total. The molecule has 0 radical (unpaired) electrons. The molecule has 146 valence electrons. The molecule has 2 rings (SSSR count). The predicted molar refractivity (Wildman–Crippen MR) is 108 cm³/mol. The van der Waals surface area contributed by atoms with Gasteiger partial charge in [-0.05, 0) is 35.8 Å². The van der Waals surface area contributed by atoms with E-state index in [9.17, 15) is 19.7 Å². The lowest BCUT2D eigenvalue weighted by atomic mass is 10.1. The zero-order valence-corrected chi connectivity index (χ0v) is 16.9. The lowest BCUT2D eigenvalue weighted by molar-refractivity contribution is -0.384. The number of nitro groups is 1. The van der Waals surface area contributed by atoms with Gasteiger partial charge in [0.15, 0.2) is 0 Å². The molecule has 0 aromatic heterocycles. The molecular weight excluding hydrogens is 428 g/mol. The smallest absolute Gasteiger partial charge is 0.354 e. The van der Waals surface area contributed by atoms with E-state index in [0.717, 1.165) is 0 Å². The van der Waals surface area contributed by atoms with Crippen LogP contribution in [0.25, 0.3) is 6.08 Å². The van der Waals surface area contributed by atoms with Crippen molar-refractivity contribution in [3.8, 4) is 0 Å². The Bertz CT molecular complexity index is 924. The van der Waals surface area contributed by atoms with Crippen LogP contribution >= 0.6 is 15.9 Å². The molecule has 28 heavy (non-hydrogen) atoms. The Balaban J connectivity index is 2.33. The maximum Gasteiger partial charge on any atom is 0.354 e. The highest BCUT2D eigenvalue weighted by Gasteiger charge is 2.17. The molecule has 0 aliphatic rings. The molecule has 2 aromatic rings. The van der Waals surface area contributed by atoms with Gasteiger partial charge in [-0.2, -0.15) is 0 Å². The quantitative estimate of drug-likeness (QED) is 0.295. The highest BCUT2D eigenvalue weighted by atomic mass is 79.9. The summed E-state index contributed by atoms with van der Waals surface area (Å²) in [5.74, 6) is -1.10. The van der Waals surface area contributed by atoms with Crippen LogP contribution in [0.4, 0.5) is 5.69 Å². The van der Waals surface area contributed by atoms with Crippen LogP contribution in [0.3, 0.4) is 0 Å². The van der Waals surface area contributed by atoms with Gasteiger partial charge in [-0.15, -0.1) is 0 Å². The fraction of sp³-hybridized carbons (Fsp3) is 0.200. The normalized spacial score (nSPS) is 11.2. The number of hydrogen-bond acceptors (Lipinski definition) is 5. The SMILES string of the molecule is CC(C)COC(=O)C(=Cc1cccc([N+](=O)[O-])c1)NC(=O)c1cccc(Br)c1. The molecule has 0 fully saturated rings. The van der Waals surface area contributed by atoms with Crippen molar-refractivity contribution in [1.82, 2.24) is 5.32 Å². The number of halogens is 1. The second-order valence-electron chi connectivity index (χ2n) is 6.37. The predicted octanol–water partition coefficient (Wildman–Crippen LogP) is 4.33. The molecule has 2 aromatic carbocycles. The van der Waals surface area contributed by atoms with Gasteiger partial charge in [0.05, 0.1) is 11.5 Å². The van der Waals surface area contributed by atoms with E-state index in [-0.39, 0.29) is 23.9 Å². The number of non-ortho nitro benzene ring substituents is 1. The molecule has 1 amide bonds. The van der Waals surface area contributed by atoms with E-state index in [2.05, 4.69) is 21.2 Å². The maximum atomic E-state index is 12.5. The number of nitro benzene ring substituents is 1. The topological polar surface area (TPSA) is 98.5 Å². The summed E-state index contributed by atoms with van der Waals surface area (Å²) < 4.78 is 5.93. The minimum Gasteiger partial charge on any atom is -0.461 e. The number of carbonyl (C=O) groups excluding carboxylic acids is 2. The standard InChI is InChI=1S/C20H19BrN2O5/c1-13(2)12-28-20(25)18(10-14-5-3-8-17(9-14)23(26)27)22-19(24)15-6-4-7-16(21)11-15/h3-11,13H,12H2,1-2H3,(H,22,24). The summed E-state index contributed by atoms with van der Waals surface area (Å²) in [6.07, 6.45) is 1.35. The monoisotopic (exact) mass is 446 g/mol. The van der Waals surface area contributed by atoms with Gasteiger partial charge in [-0.1, -0.05) is 48.0 Å². The molecule has 0 aliphatic carbocycles. The number of nitrogens with zero attached hydrogens (tertiary/aromatic N) is 1. The summed E-state index contributed by atoms with van der Waals surface area (Å²) in [5.41, 5.74) is 0.504. The van der Waals surface area contributed by atoms with Crippen molar-refractivity contribution in [3.63, 3.8) is 0 Å². The Labute approximate surface area is 170 Å². The van der Waals surface area contributed by atoms with E-state index in [4.69, 9.17) is 4.74 Å². The second-order valence-corrected chi connectivity index (χ2v) is 7.28. The number of esters is 1. The molecule has 0 spiro atoms. The van der Waals surface area contributed by atoms with Gasteiger partial charge in [0.1, 0.15) is 5.70 Å². The Morgan fingerprint density at radius 3 is 2.57 bits per heavy atom. The zero-order chi connectivity index (χ0) is 20.7. The van der Waals surface area contributed by atoms with Crippen LogP contribution in [0.1, 0.15) is 29.8 Å². The van der Waals surface area contributed by atoms with Crippen LogP contribution in [0.15, 0.2) is 58.7 Å². The molecule has 0 saturated carbocycles. The number of rotatable bonds is 7. The summed E-state index contributed by atoms with van der Waals surface area (Å²) >= 11 is 3.29. The van der Waals surface area contributed by atoms with Gasteiger partial charge >= 0.3 is 5.97 Å². The van der Waals surface area contributed by atoms with Crippen molar-refractivity contribution in [2.24, 2.45) is 5.92 Å². The minimum absolute atomic E-state index is 0.105. The van der Waals surface area contributed by atoms with Crippen LogP contribution in [-0.4, -0.2) is 23.4 Å². The van der Waals surface area contributed by atoms with Crippen LogP contribution in [0.5, 0.6) is 0 Å². The van der Waals surface area contributed by atoms with Gasteiger partial charge in [0.25, 0.3) is 11.6 Å². The van der Waals surface area contributed by atoms with Crippen molar-refractivity contribution in [2.45, 2.75) is 13.8 Å². The molecule has 0 unspecified atom stereocenters. The number of benzene rings is 2. The Kier molecular flexibility index (Phi) is 7.45. The molecule has 0 saturated heterocycles. The molecule has 7 nitrogen and oxygen atoms in total. The third-order valence-corrected chi connectivity index (χ3v) is 3.99. The van der Waals surface area contributed by atoms with Crippen molar-refractivity contribution in [1.29, 1.82) is 0 Å². The fourth-order valence-corrected chi connectivity index (χ4v) is 2.58. The van der Waals surface area contributed by atoms with Gasteiger partial charge in [0, 0.05) is 22.2 Å². The Morgan fingerprint density at radius 2 is 1.93 bits per heavy atom. The summed E-state index contributed by atoms with van der Waals surface area (Å²) in [7, 11) is 0. The van der Waals surface area contributed by atoms with E-state index in [0.29, 0.717) is 15.6 Å². The fourth-order valence-electron chi connectivity index (χ4n) is 2.19. The molecule has 0 aliphatic heterocycles. The number of hydrogen-bond donors (Lipinski definition) is 1. The Hall–Kier alpha value is -3.00. The van der Waals surface area contributed by atoms with Crippen LogP contribution in [0, 0.1) is 16.0 Å². The average molecular weight is 447 g/mol. The summed E-state index contributed by atoms with van der Waals surface area (Å²) in [6, 6.07) is 12.4. The Morgan fingerprint density at radius 1 is 1.21 bits per heavy atom. The first kappa shape index (κ1) is 21.3. The maximum absolute atomic E-state index is 12.5. The number of amides is 1. The summed E-state index contributed by atoms with van der Waals surface area (Å²) in [4.78, 5) is 35.4. The zero-order valence-electron chi connectivity index (χ0n) is 15.3. The second kappa shape index (κ2) is 9.80. The minimum atomic E-state index is -0.719. The van der Waals surface area contributed by atoms with E-state index < -0.39 is 16.8 Å². The van der Waals surface area contributed by atoms with Gasteiger partial charge in [-0.25, -0.2) is 4.79 Å². The first-order valence-electron chi connectivity index (χ1n) is 8.46. The van der Waals surface area contributed by atoms with Gasteiger partial charge in [-0.3, -0.25) is 14.9 Å². The largest absolute Gasteiger partial charge is 0.461 e. The first-order valence-corrected chi connectivity index (χ1v) is 9.25. The third kappa shape index (κ3) is 6.31. The van der Waals surface area contributed by atoms with E-state index in [1.54, 1.807) is 30.3 Å². The van der Waals surface area contributed by atoms with Gasteiger partial charge < -0.3 is 10.1 Å². The van der Waals surface area contributed by atoms with E-state index in [1.165, 1.54) is 24.3 Å². The van der Waals surface area contributed by atoms with Crippen LogP contribution < -0.4 is 5.32 Å². The lowest BCUT2D eigenvalue weighted by Gasteiger charge is -2.12. The number of carbonyl (C=O) groups is 2. The van der Waals surface area contributed by atoms with Crippen molar-refractivity contribution >= 4 is 39.6 Å². The highest BCUT2D eigenvalue weighted by molar-refractivity contribution is 9.10. The molecule has 0 heterocycles. The third-order valence-electron chi connectivity index (χ3n) is 3.49. The van der Waals surface area contributed by atoms with Crippen molar-refractivity contribution in [3.05, 3.63) is 79.9 Å². The van der Waals surface area contributed by atoms with Crippen molar-refractivity contribution < 1.29 is 19.2 Å². The van der Waals surface area contributed by atoms with Gasteiger partial charge in [0.2, 0.25) is 0 Å². The van der Waals surface area contributed by atoms with E-state index in [1.807, 2.05) is 13.8 Å². The number of nitrogens with one attached hydrogen (secondary N) is 1. The lowest BCUT2D eigenvalue weighted by Crippen LogP contribution is -2.29. The van der Waals surface area contributed by atoms with Crippen LogP contribution in [-0.2, 0) is 9.53 Å². The number of ether oxygens (including phenoxy) is 1. The van der Waals surface area contributed by atoms with Crippen molar-refractivity contribution in [2.75, 3.05) is 6.61 Å². The summed E-state index contributed by atoms with van der Waals surface area (Å²) in [5, 5.41) is 13.5. The molecule has 0 atom stereocenters. The van der Waals surface area contributed by atoms with E-state index >= 15 is 0 Å². The molecular formula is C20H19BrN2O5. The molecule has 8 heteroatoms. The first-order chi connectivity index (χ1) is 13.3. The van der Waals surface area contributed by atoms with Crippen LogP contribution in [0.2, 0.25) is 0 Å².